The molecule has 0 saturated heterocycles. The SMILES string of the molecule is CC.CCC(=NC(C)C)C1=C(C)OC(N)=C(C#N)C1c1ccc(-n2ccnc2CC)nc1. The Labute approximate surface area is 191 Å². The van der Waals surface area contributed by atoms with Gasteiger partial charge in [0.2, 0.25) is 5.88 Å². The first kappa shape index (κ1) is 24.9. The number of aryl methyl sites for hydroxylation is 1. The van der Waals surface area contributed by atoms with Gasteiger partial charge in [-0.3, -0.25) is 9.56 Å². The van der Waals surface area contributed by atoms with Crippen LogP contribution in [0.4, 0.5) is 0 Å². The molecule has 1 aliphatic heterocycles. The second-order valence-electron chi connectivity index (χ2n) is 7.43. The van der Waals surface area contributed by atoms with Gasteiger partial charge in [0.1, 0.15) is 29.0 Å². The molecular weight excluding hydrogens is 400 g/mol. The van der Waals surface area contributed by atoms with Crippen molar-refractivity contribution < 1.29 is 4.74 Å². The number of ether oxygens (including phenoxy) is 1. The maximum atomic E-state index is 9.84. The largest absolute Gasteiger partial charge is 0.445 e. The number of allylic oxidation sites excluding steroid dienone is 3. The fraction of sp³-hybridized carbons (Fsp3) is 0.440. The summed E-state index contributed by atoms with van der Waals surface area (Å²) in [6.07, 6.45) is 7.00. The third kappa shape index (κ3) is 5.08. The van der Waals surface area contributed by atoms with E-state index in [0.717, 1.165) is 41.3 Å². The van der Waals surface area contributed by atoms with Crippen molar-refractivity contribution >= 4 is 5.71 Å². The van der Waals surface area contributed by atoms with Crippen LogP contribution in [0.1, 0.15) is 72.2 Å². The lowest BCUT2D eigenvalue weighted by molar-refractivity contribution is 0.283. The van der Waals surface area contributed by atoms with E-state index in [1.165, 1.54) is 0 Å². The second-order valence-corrected chi connectivity index (χ2v) is 7.43. The summed E-state index contributed by atoms with van der Waals surface area (Å²) < 4.78 is 7.69. The summed E-state index contributed by atoms with van der Waals surface area (Å²) in [6.45, 7) is 14.1. The van der Waals surface area contributed by atoms with Crippen molar-refractivity contribution in [2.75, 3.05) is 0 Å². The van der Waals surface area contributed by atoms with Crippen LogP contribution in [0.2, 0.25) is 0 Å². The molecule has 0 spiro atoms. The van der Waals surface area contributed by atoms with Gasteiger partial charge in [-0.1, -0.05) is 33.8 Å². The molecule has 0 radical (unpaired) electrons. The van der Waals surface area contributed by atoms with E-state index >= 15 is 0 Å². The molecule has 0 amide bonds. The minimum absolute atomic E-state index is 0.129. The van der Waals surface area contributed by atoms with Crippen LogP contribution in [-0.4, -0.2) is 26.3 Å². The van der Waals surface area contributed by atoms with E-state index in [-0.39, 0.29) is 17.8 Å². The summed E-state index contributed by atoms with van der Waals surface area (Å²) >= 11 is 0. The van der Waals surface area contributed by atoms with Crippen molar-refractivity contribution in [1.82, 2.24) is 14.5 Å². The fourth-order valence-electron chi connectivity index (χ4n) is 3.77. The highest BCUT2D eigenvalue weighted by atomic mass is 16.5. The van der Waals surface area contributed by atoms with Gasteiger partial charge in [-0.15, -0.1) is 0 Å². The molecule has 170 valence electrons. The molecule has 2 N–H and O–H groups in total. The predicted octanol–water partition coefficient (Wildman–Crippen LogP) is 5.20. The van der Waals surface area contributed by atoms with E-state index in [4.69, 9.17) is 15.5 Å². The van der Waals surface area contributed by atoms with Gasteiger partial charge in [0.05, 0.1) is 5.92 Å². The first-order chi connectivity index (χ1) is 15.4. The van der Waals surface area contributed by atoms with E-state index in [2.05, 4.69) is 29.9 Å². The van der Waals surface area contributed by atoms with Gasteiger partial charge < -0.3 is 10.5 Å². The van der Waals surface area contributed by atoms with Crippen molar-refractivity contribution in [3.8, 4) is 11.9 Å². The molecule has 2 aromatic rings. The standard InChI is InChI=1S/C23H28N6O.C2H6/c1-6-18(28-14(3)4)21-15(5)30-23(25)17(12-24)22(21)16-8-9-20(27-13-16)29-11-10-26-19(29)7-2;1-2/h8-11,13-14,22H,6-7,25H2,1-5H3;1-2H3. The Hall–Kier alpha value is -3.40. The molecular formula is C25H34N6O. The van der Waals surface area contributed by atoms with Gasteiger partial charge in [0, 0.05) is 42.3 Å². The quantitative estimate of drug-likeness (QED) is 0.630. The minimum Gasteiger partial charge on any atom is -0.445 e. The molecule has 0 fully saturated rings. The Morgan fingerprint density at radius 2 is 2.00 bits per heavy atom. The first-order valence-corrected chi connectivity index (χ1v) is 11.2. The van der Waals surface area contributed by atoms with Gasteiger partial charge in [0.25, 0.3) is 0 Å². The molecule has 1 unspecified atom stereocenters. The van der Waals surface area contributed by atoms with E-state index < -0.39 is 0 Å². The molecule has 0 saturated carbocycles. The predicted molar refractivity (Wildman–Crippen MR) is 128 cm³/mol. The van der Waals surface area contributed by atoms with E-state index in [1.54, 1.807) is 12.4 Å². The van der Waals surface area contributed by atoms with Gasteiger partial charge in [-0.05, 0) is 38.8 Å². The van der Waals surface area contributed by atoms with Crippen LogP contribution in [0.5, 0.6) is 0 Å². The van der Waals surface area contributed by atoms with Crippen LogP contribution in [0.3, 0.4) is 0 Å². The van der Waals surface area contributed by atoms with Crippen molar-refractivity contribution in [1.29, 1.82) is 5.26 Å². The lowest BCUT2D eigenvalue weighted by atomic mass is 9.81. The maximum absolute atomic E-state index is 9.84. The highest BCUT2D eigenvalue weighted by molar-refractivity contribution is 6.02. The number of hydrogen-bond acceptors (Lipinski definition) is 6. The molecule has 3 rings (SSSR count). The highest BCUT2D eigenvalue weighted by Crippen LogP contribution is 2.40. The molecule has 1 atom stereocenters. The van der Waals surface area contributed by atoms with Crippen LogP contribution in [-0.2, 0) is 11.2 Å². The third-order valence-electron chi connectivity index (χ3n) is 5.05. The Bertz CT molecular complexity index is 1050. The topological polar surface area (TPSA) is 102 Å². The van der Waals surface area contributed by atoms with Crippen molar-refractivity contribution in [2.45, 2.75) is 73.3 Å². The van der Waals surface area contributed by atoms with Crippen molar-refractivity contribution in [2.24, 2.45) is 10.7 Å². The zero-order valence-electron chi connectivity index (χ0n) is 20.2. The summed E-state index contributed by atoms with van der Waals surface area (Å²) in [5, 5.41) is 9.84. The zero-order chi connectivity index (χ0) is 23.8. The number of pyridine rings is 1. The molecule has 0 bridgehead atoms. The van der Waals surface area contributed by atoms with Gasteiger partial charge in [-0.2, -0.15) is 5.26 Å². The van der Waals surface area contributed by atoms with Crippen LogP contribution >= 0.6 is 0 Å². The number of hydrogen-bond donors (Lipinski definition) is 1. The molecule has 2 aromatic heterocycles. The van der Waals surface area contributed by atoms with Crippen molar-refractivity contribution in [3.63, 3.8) is 0 Å². The monoisotopic (exact) mass is 434 g/mol. The van der Waals surface area contributed by atoms with Gasteiger partial charge in [-0.25, -0.2) is 9.97 Å². The lowest BCUT2D eigenvalue weighted by Crippen LogP contribution is -2.25. The number of aliphatic imine (C=N–C) groups is 1. The Morgan fingerprint density at radius 3 is 2.53 bits per heavy atom. The van der Waals surface area contributed by atoms with E-state index in [1.807, 2.05) is 57.5 Å². The molecule has 3 heterocycles. The first-order valence-electron chi connectivity index (χ1n) is 11.2. The number of nitrogens with two attached hydrogens (primary N) is 1. The smallest absolute Gasteiger partial charge is 0.205 e. The van der Waals surface area contributed by atoms with Crippen LogP contribution in [0.15, 0.2) is 58.5 Å². The Kier molecular flexibility index (Phi) is 8.77. The fourth-order valence-corrected chi connectivity index (χ4v) is 3.77. The summed E-state index contributed by atoms with van der Waals surface area (Å²) in [6, 6.07) is 6.30. The van der Waals surface area contributed by atoms with Crippen LogP contribution in [0.25, 0.3) is 5.82 Å². The summed E-state index contributed by atoms with van der Waals surface area (Å²) in [4.78, 5) is 13.8. The third-order valence-corrected chi connectivity index (χ3v) is 5.05. The number of nitriles is 1. The van der Waals surface area contributed by atoms with Gasteiger partial charge >= 0.3 is 0 Å². The van der Waals surface area contributed by atoms with Gasteiger partial charge in [0.15, 0.2) is 0 Å². The molecule has 7 heteroatoms. The number of aromatic nitrogens is 3. The number of imidazole rings is 1. The molecule has 7 nitrogen and oxygen atoms in total. The Morgan fingerprint density at radius 1 is 1.28 bits per heavy atom. The average Bonchev–Trinajstić information content (AvgIpc) is 3.27. The van der Waals surface area contributed by atoms with Crippen LogP contribution in [0, 0.1) is 11.3 Å². The summed E-state index contributed by atoms with van der Waals surface area (Å²) in [5.74, 6) is 2.16. The lowest BCUT2D eigenvalue weighted by Gasteiger charge is -2.29. The molecule has 0 aliphatic carbocycles. The zero-order valence-corrected chi connectivity index (χ0v) is 20.2. The summed E-state index contributed by atoms with van der Waals surface area (Å²) in [7, 11) is 0. The number of nitrogens with zero attached hydrogens (tertiary/aromatic N) is 5. The molecule has 1 aliphatic rings. The summed E-state index contributed by atoms with van der Waals surface area (Å²) in [5.41, 5.74) is 9.15. The average molecular weight is 435 g/mol. The minimum atomic E-state index is -0.365. The second kappa shape index (κ2) is 11.3. The maximum Gasteiger partial charge on any atom is 0.205 e. The number of rotatable bonds is 6. The Balaban J connectivity index is 0.00000176. The van der Waals surface area contributed by atoms with Crippen LogP contribution < -0.4 is 5.73 Å². The van der Waals surface area contributed by atoms with Crippen molar-refractivity contribution in [3.05, 3.63) is 64.9 Å². The van der Waals surface area contributed by atoms with E-state index in [9.17, 15) is 5.26 Å². The van der Waals surface area contributed by atoms with E-state index in [0.29, 0.717) is 11.3 Å². The molecule has 32 heavy (non-hydrogen) atoms. The normalized spacial score (nSPS) is 16.5. The highest BCUT2D eigenvalue weighted by Gasteiger charge is 2.34. The molecule has 0 aromatic carbocycles.